The van der Waals surface area contributed by atoms with Crippen molar-refractivity contribution in [1.82, 2.24) is 4.98 Å². The van der Waals surface area contributed by atoms with Crippen LogP contribution in [0.4, 0.5) is 5.69 Å². The number of hydrogen-bond donors (Lipinski definition) is 1. The quantitative estimate of drug-likeness (QED) is 0.186. The van der Waals surface area contributed by atoms with Gasteiger partial charge in [0.2, 0.25) is 0 Å². The summed E-state index contributed by atoms with van der Waals surface area (Å²) in [6.45, 7) is 7.89. The van der Waals surface area contributed by atoms with E-state index in [1.54, 1.807) is 74.6 Å². The molecule has 3 aromatic rings. The molecule has 2 heterocycles. The predicted molar refractivity (Wildman–Crippen MR) is 143 cm³/mol. The molecule has 8 heteroatoms. The number of rotatable bonds is 8. The molecule has 2 aromatic carbocycles. The van der Waals surface area contributed by atoms with E-state index >= 15 is 0 Å². The number of carbonyl (C=O) groups is 3. The first-order chi connectivity index (χ1) is 18.2. The van der Waals surface area contributed by atoms with Crippen molar-refractivity contribution in [2.75, 3.05) is 11.5 Å². The number of anilines is 1. The summed E-state index contributed by atoms with van der Waals surface area (Å²) in [5.74, 6) is -1.88. The van der Waals surface area contributed by atoms with Crippen LogP contribution in [0.2, 0.25) is 0 Å². The lowest BCUT2D eigenvalue weighted by Crippen LogP contribution is -2.30. The van der Waals surface area contributed by atoms with Crippen LogP contribution in [0.3, 0.4) is 0 Å². The van der Waals surface area contributed by atoms with E-state index in [2.05, 4.69) is 4.98 Å². The molecule has 8 nitrogen and oxygen atoms in total. The number of pyridine rings is 1. The minimum absolute atomic E-state index is 0.0921. The Morgan fingerprint density at radius 3 is 2.50 bits per heavy atom. The molecule has 1 amide bonds. The van der Waals surface area contributed by atoms with Crippen molar-refractivity contribution in [3.63, 3.8) is 0 Å². The largest absolute Gasteiger partial charge is 0.507 e. The molecule has 1 fully saturated rings. The second-order valence-electron chi connectivity index (χ2n) is 9.26. The highest BCUT2D eigenvalue weighted by molar-refractivity contribution is 6.51. The van der Waals surface area contributed by atoms with Crippen LogP contribution in [0.5, 0.6) is 5.75 Å². The molecule has 4 rings (SSSR count). The molecule has 1 aliphatic rings. The second kappa shape index (κ2) is 11.3. The normalized spacial score (nSPS) is 16.7. The maximum atomic E-state index is 13.4. The maximum Gasteiger partial charge on any atom is 0.338 e. The standard InChI is InChI=1S/C30H30N2O6/c1-5-15-37-24-13-12-20(16-19(24)4)27(33)25-26(23-11-6-7-14-31-23)32(29(35)28(25)34)22-10-8-9-21(17-22)30(36)38-18(2)3/h6-14,16-18,26,33H,5,15H2,1-4H3/b27-25+. The Balaban J connectivity index is 1.84. The average Bonchev–Trinajstić information content (AvgIpc) is 3.17. The first-order valence-corrected chi connectivity index (χ1v) is 12.5. The lowest BCUT2D eigenvalue weighted by molar-refractivity contribution is -0.132. The van der Waals surface area contributed by atoms with Gasteiger partial charge in [-0.05, 0) is 81.3 Å². The number of ether oxygens (including phenoxy) is 2. The first kappa shape index (κ1) is 26.6. The van der Waals surface area contributed by atoms with Gasteiger partial charge in [0.05, 0.1) is 29.5 Å². The van der Waals surface area contributed by atoms with Gasteiger partial charge in [-0.3, -0.25) is 19.5 Å². The molecule has 0 radical (unpaired) electrons. The summed E-state index contributed by atoms with van der Waals surface area (Å²) < 4.78 is 11.0. The summed E-state index contributed by atoms with van der Waals surface area (Å²) >= 11 is 0. The van der Waals surface area contributed by atoms with Crippen molar-refractivity contribution in [3.8, 4) is 5.75 Å². The summed E-state index contributed by atoms with van der Waals surface area (Å²) in [6, 6.07) is 15.5. The smallest absolute Gasteiger partial charge is 0.338 e. The number of hydrogen-bond acceptors (Lipinski definition) is 7. The van der Waals surface area contributed by atoms with Crippen molar-refractivity contribution in [2.24, 2.45) is 0 Å². The van der Waals surface area contributed by atoms with Gasteiger partial charge < -0.3 is 14.6 Å². The third-order valence-electron chi connectivity index (χ3n) is 6.03. The molecule has 0 spiro atoms. The molecule has 1 unspecified atom stereocenters. The zero-order valence-corrected chi connectivity index (χ0v) is 21.8. The Hall–Kier alpha value is -4.46. The topological polar surface area (TPSA) is 106 Å². The van der Waals surface area contributed by atoms with Gasteiger partial charge in [-0.25, -0.2) is 4.79 Å². The van der Waals surface area contributed by atoms with Crippen LogP contribution in [0.15, 0.2) is 72.4 Å². The number of benzene rings is 2. The van der Waals surface area contributed by atoms with E-state index in [0.29, 0.717) is 29.3 Å². The minimum atomic E-state index is -1.01. The highest BCUT2D eigenvalue weighted by atomic mass is 16.5. The summed E-state index contributed by atoms with van der Waals surface area (Å²) in [5, 5.41) is 11.4. The van der Waals surface area contributed by atoms with Gasteiger partial charge in [-0.15, -0.1) is 0 Å². The number of esters is 1. The van der Waals surface area contributed by atoms with Crippen LogP contribution in [0.1, 0.15) is 60.4 Å². The fourth-order valence-corrected chi connectivity index (χ4v) is 4.31. The van der Waals surface area contributed by atoms with E-state index in [4.69, 9.17) is 9.47 Å². The Kier molecular flexibility index (Phi) is 7.90. The van der Waals surface area contributed by atoms with E-state index in [0.717, 1.165) is 12.0 Å². The molecule has 1 atom stereocenters. The lowest BCUT2D eigenvalue weighted by Gasteiger charge is -2.25. The van der Waals surface area contributed by atoms with Crippen LogP contribution < -0.4 is 9.64 Å². The predicted octanol–water partition coefficient (Wildman–Crippen LogP) is 5.37. The molecule has 0 bridgehead atoms. The van der Waals surface area contributed by atoms with Crippen molar-refractivity contribution < 1.29 is 29.0 Å². The minimum Gasteiger partial charge on any atom is -0.507 e. The van der Waals surface area contributed by atoms with Crippen molar-refractivity contribution in [2.45, 2.75) is 46.3 Å². The first-order valence-electron chi connectivity index (χ1n) is 12.5. The number of aliphatic hydroxyl groups is 1. The highest BCUT2D eigenvalue weighted by Crippen LogP contribution is 2.42. The maximum absolute atomic E-state index is 13.4. The lowest BCUT2D eigenvalue weighted by atomic mass is 9.97. The van der Waals surface area contributed by atoms with E-state index in [-0.39, 0.29) is 23.0 Å². The van der Waals surface area contributed by atoms with Gasteiger partial charge in [-0.2, -0.15) is 0 Å². The number of amides is 1. The summed E-state index contributed by atoms with van der Waals surface area (Å²) in [6.07, 6.45) is 2.08. The van der Waals surface area contributed by atoms with E-state index in [9.17, 15) is 19.5 Å². The number of aromatic nitrogens is 1. The number of aliphatic hydroxyl groups excluding tert-OH is 1. The fraction of sp³-hybridized carbons (Fsp3) is 0.267. The number of Topliss-reactive ketones (excluding diaryl/α,β-unsaturated/α-hetero) is 1. The van der Waals surface area contributed by atoms with Gasteiger partial charge in [-0.1, -0.05) is 19.1 Å². The summed E-state index contributed by atoms with van der Waals surface area (Å²) in [4.78, 5) is 45.0. The number of aryl methyl sites for hydroxylation is 1. The Labute approximate surface area is 221 Å². The van der Waals surface area contributed by atoms with Crippen LogP contribution in [0.25, 0.3) is 5.76 Å². The Morgan fingerprint density at radius 2 is 1.84 bits per heavy atom. The number of carbonyl (C=O) groups excluding carboxylic acids is 3. The SMILES string of the molecule is CCCOc1ccc(/C(O)=C2\C(=O)C(=O)N(c3cccc(C(=O)OC(C)C)c3)C2c2ccccn2)cc1C. The van der Waals surface area contributed by atoms with Crippen LogP contribution in [-0.4, -0.2) is 40.5 Å². The zero-order valence-electron chi connectivity index (χ0n) is 21.8. The Morgan fingerprint density at radius 1 is 1.05 bits per heavy atom. The molecular formula is C30H30N2O6. The molecule has 0 saturated carbocycles. The van der Waals surface area contributed by atoms with E-state index < -0.39 is 23.7 Å². The van der Waals surface area contributed by atoms with Crippen molar-refractivity contribution in [1.29, 1.82) is 0 Å². The molecule has 1 N–H and O–H groups in total. The van der Waals surface area contributed by atoms with Gasteiger partial charge in [0.15, 0.2) is 0 Å². The van der Waals surface area contributed by atoms with E-state index in [1.807, 2.05) is 13.8 Å². The molecule has 196 valence electrons. The molecular weight excluding hydrogens is 484 g/mol. The second-order valence-corrected chi connectivity index (χ2v) is 9.26. The molecule has 1 saturated heterocycles. The van der Waals surface area contributed by atoms with Crippen molar-refractivity contribution in [3.05, 3.63) is 94.8 Å². The third kappa shape index (κ3) is 5.29. The average molecular weight is 515 g/mol. The van der Waals surface area contributed by atoms with Crippen LogP contribution >= 0.6 is 0 Å². The molecule has 1 aromatic heterocycles. The van der Waals surface area contributed by atoms with Crippen molar-refractivity contribution >= 4 is 29.1 Å². The van der Waals surface area contributed by atoms with Crippen LogP contribution in [-0.2, 0) is 14.3 Å². The molecule has 0 aliphatic carbocycles. The van der Waals surface area contributed by atoms with Gasteiger partial charge in [0.25, 0.3) is 11.7 Å². The van der Waals surface area contributed by atoms with E-state index in [1.165, 1.54) is 11.0 Å². The zero-order chi connectivity index (χ0) is 27.4. The Bertz CT molecular complexity index is 1400. The summed E-state index contributed by atoms with van der Waals surface area (Å²) in [7, 11) is 0. The highest BCUT2D eigenvalue weighted by Gasteiger charge is 2.47. The number of nitrogens with zero attached hydrogens (tertiary/aromatic N) is 2. The summed E-state index contributed by atoms with van der Waals surface area (Å²) in [5.41, 5.74) is 1.99. The van der Waals surface area contributed by atoms with Gasteiger partial charge in [0, 0.05) is 17.4 Å². The fourth-order valence-electron chi connectivity index (χ4n) is 4.31. The monoisotopic (exact) mass is 514 g/mol. The van der Waals surface area contributed by atoms with Gasteiger partial charge in [0.1, 0.15) is 17.6 Å². The van der Waals surface area contributed by atoms with Crippen LogP contribution in [0, 0.1) is 6.92 Å². The van der Waals surface area contributed by atoms with Gasteiger partial charge >= 0.3 is 5.97 Å². The number of ketones is 1. The third-order valence-corrected chi connectivity index (χ3v) is 6.03. The molecule has 38 heavy (non-hydrogen) atoms. The molecule has 1 aliphatic heterocycles.